The number of ether oxygens (including phenoxy) is 2. The molecular formula is C20H21FN2O4. The average Bonchev–Trinajstić information content (AvgIpc) is 2.65. The first-order chi connectivity index (χ1) is 13.0. The van der Waals surface area contributed by atoms with Crippen LogP contribution in [0.15, 0.2) is 36.4 Å². The molecular weight excluding hydrogens is 351 g/mol. The second-order valence-electron chi connectivity index (χ2n) is 6.21. The maximum atomic E-state index is 13.6. The highest BCUT2D eigenvalue weighted by Crippen LogP contribution is 2.26. The van der Waals surface area contributed by atoms with Gasteiger partial charge in [-0.25, -0.2) is 4.39 Å². The normalized spacial score (nSPS) is 12.7. The number of nitrogens with one attached hydrogen (secondary N) is 2. The van der Waals surface area contributed by atoms with E-state index in [-0.39, 0.29) is 24.0 Å². The fraction of sp³-hybridized carbons (Fsp3) is 0.300. The predicted molar refractivity (Wildman–Crippen MR) is 98.6 cm³/mol. The van der Waals surface area contributed by atoms with Crippen LogP contribution in [0.4, 0.5) is 10.1 Å². The van der Waals surface area contributed by atoms with Gasteiger partial charge in [-0.3, -0.25) is 9.59 Å². The third-order valence-electron chi connectivity index (χ3n) is 4.25. The minimum Gasteiger partial charge on any atom is -0.494 e. The highest BCUT2D eigenvalue weighted by atomic mass is 19.1. The molecule has 1 aliphatic heterocycles. The number of methoxy groups -OCH3 is 1. The number of rotatable bonds is 7. The number of hydrogen-bond donors (Lipinski definition) is 2. The zero-order valence-corrected chi connectivity index (χ0v) is 15.0. The van der Waals surface area contributed by atoms with Gasteiger partial charge in [-0.15, -0.1) is 0 Å². The number of aryl methyl sites for hydroxylation is 1. The number of anilines is 1. The Kier molecular flexibility index (Phi) is 5.90. The third-order valence-corrected chi connectivity index (χ3v) is 4.25. The van der Waals surface area contributed by atoms with Gasteiger partial charge in [-0.2, -0.15) is 0 Å². The van der Waals surface area contributed by atoms with Crippen molar-refractivity contribution in [2.75, 3.05) is 25.6 Å². The van der Waals surface area contributed by atoms with Crippen LogP contribution in [0, 0.1) is 5.82 Å². The summed E-state index contributed by atoms with van der Waals surface area (Å²) in [6, 6.07) is 9.95. The maximum absolute atomic E-state index is 13.6. The van der Waals surface area contributed by atoms with Crippen LogP contribution in [-0.2, 0) is 22.4 Å². The number of amides is 2. The summed E-state index contributed by atoms with van der Waals surface area (Å²) >= 11 is 0. The Balaban J connectivity index is 1.43. The van der Waals surface area contributed by atoms with Crippen LogP contribution in [0.5, 0.6) is 11.5 Å². The van der Waals surface area contributed by atoms with Crippen molar-refractivity contribution in [3.63, 3.8) is 0 Å². The zero-order valence-electron chi connectivity index (χ0n) is 15.0. The van der Waals surface area contributed by atoms with Gasteiger partial charge in [0, 0.05) is 12.1 Å². The first kappa shape index (κ1) is 18.7. The molecule has 0 aromatic heterocycles. The second kappa shape index (κ2) is 8.53. The average molecular weight is 372 g/mol. The van der Waals surface area contributed by atoms with E-state index >= 15 is 0 Å². The van der Waals surface area contributed by atoms with Crippen LogP contribution < -0.4 is 20.1 Å². The van der Waals surface area contributed by atoms with Crippen molar-refractivity contribution in [1.82, 2.24) is 5.32 Å². The molecule has 0 saturated heterocycles. The van der Waals surface area contributed by atoms with Crippen molar-refractivity contribution in [1.29, 1.82) is 0 Å². The smallest absolute Gasteiger partial charge is 0.224 e. The number of benzene rings is 2. The van der Waals surface area contributed by atoms with Gasteiger partial charge in [-0.05, 0) is 47.9 Å². The van der Waals surface area contributed by atoms with Crippen LogP contribution in [0.1, 0.15) is 17.5 Å². The Morgan fingerprint density at radius 2 is 2.07 bits per heavy atom. The van der Waals surface area contributed by atoms with Gasteiger partial charge in [0.2, 0.25) is 11.8 Å². The summed E-state index contributed by atoms with van der Waals surface area (Å²) in [5, 5.41) is 5.56. The molecule has 2 amide bonds. The molecule has 0 fully saturated rings. The van der Waals surface area contributed by atoms with Gasteiger partial charge < -0.3 is 20.1 Å². The lowest BCUT2D eigenvalue weighted by Crippen LogP contribution is -2.29. The molecule has 7 heteroatoms. The van der Waals surface area contributed by atoms with E-state index in [1.54, 1.807) is 12.1 Å². The van der Waals surface area contributed by atoms with Gasteiger partial charge >= 0.3 is 0 Å². The fourth-order valence-electron chi connectivity index (χ4n) is 2.88. The Morgan fingerprint density at radius 3 is 2.85 bits per heavy atom. The number of carbonyl (C=O) groups excluding carboxylic acids is 2. The van der Waals surface area contributed by atoms with E-state index < -0.39 is 5.82 Å². The third kappa shape index (κ3) is 4.97. The molecule has 2 N–H and O–H groups in total. The van der Waals surface area contributed by atoms with Gasteiger partial charge in [-0.1, -0.05) is 6.07 Å². The van der Waals surface area contributed by atoms with Gasteiger partial charge in [0.1, 0.15) is 12.4 Å². The summed E-state index contributed by atoms with van der Waals surface area (Å²) in [7, 11) is 1.39. The first-order valence-corrected chi connectivity index (χ1v) is 8.70. The van der Waals surface area contributed by atoms with Crippen molar-refractivity contribution < 1.29 is 23.5 Å². The molecule has 0 radical (unpaired) electrons. The molecule has 1 aliphatic rings. The monoisotopic (exact) mass is 372 g/mol. The quantitative estimate of drug-likeness (QED) is 0.732. The number of halogens is 1. The van der Waals surface area contributed by atoms with Crippen LogP contribution >= 0.6 is 0 Å². The Hall–Kier alpha value is -3.09. The number of hydrogen-bond acceptors (Lipinski definition) is 4. The van der Waals surface area contributed by atoms with E-state index in [0.717, 1.165) is 11.3 Å². The molecule has 0 atom stereocenters. The molecule has 2 aromatic rings. The molecule has 0 unspecified atom stereocenters. The van der Waals surface area contributed by atoms with E-state index in [4.69, 9.17) is 9.47 Å². The molecule has 6 nitrogen and oxygen atoms in total. The fourth-order valence-corrected chi connectivity index (χ4v) is 2.88. The molecule has 0 bridgehead atoms. The summed E-state index contributed by atoms with van der Waals surface area (Å²) < 4.78 is 24.1. The van der Waals surface area contributed by atoms with Gasteiger partial charge in [0.05, 0.1) is 20.1 Å². The van der Waals surface area contributed by atoms with E-state index in [0.29, 0.717) is 37.3 Å². The molecule has 142 valence electrons. The minimum absolute atomic E-state index is 0.0237. The Morgan fingerprint density at radius 1 is 1.22 bits per heavy atom. The van der Waals surface area contributed by atoms with Gasteiger partial charge in [0.25, 0.3) is 0 Å². The van der Waals surface area contributed by atoms with Crippen molar-refractivity contribution >= 4 is 17.5 Å². The van der Waals surface area contributed by atoms with Crippen LogP contribution in [0.25, 0.3) is 0 Å². The van der Waals surface area contributed by atoms with E-state index in [2.05, 4.69) is 10.6 Å². The summed E-state index contributed by atoms with van der Waals surface area (Å²) in [5.74, 6) is 0.162. The Bertz CT molecular complexity index is 854. The SMILES string of the molecule is COc1ccc(CC(=O)NCCOc2ccc3c(c2)CCC(=O)N3)cc1F. The number of carbonyl (C=O) groups is 2. The van der Waals surface area contributed by atoms with E-state index in [9.17, 15) is 14.0 Å². The summed E-state index contributed by atoms with van der Waals surface area (Å²) in [6.45, 7) is 0.652. The van der Waals surface area contributed by atoms with E-state index in [1.165, 1.54) is 19.2 Å². The van der Waals surface area contributed by atoms with Crippen molar-refractivity contribution in [2.24, 2.45) is 0 Å². The zero-order chi connectivity index (χ0) is 19.2. The van der Waals surface area contributed by atoms with Crippen LogP contribution in [0.3, 0.4) is 0 Å². The predicted octanol–water partition coefficient (Wildman–Crippen LogP) is 2.46. The first-order valence-electron chi connectivity index (χ1n) is 8.70. The standard InChI is InChI=1S/C20H21FN2O4/c1-26-18-6-2-13(10-16(18)21)11-20(25)22-8-9-27-15-4-5-17-14(12-15)3-7-19(24)23-17/h2,4-6,10,12H,3,7-9,11H2,1H3,(H,22,25)(H,23,24). The van der Waals surface area contributed by atoms with Crippen molar-refractivity contribution in [2.45, 2.75) is 19.3 Å². The molecule has 1 heterocycles. The largest absolute Gasteiger partial charge is 0.494 e. The molecule has 2 aromatic carbocycles. The lowest BCUT2D eigenvalue weighted by molar-refractivity contribution is -0.120. The molecule has 0 spiro atoms. The second-order valence-corrected chi connectivity index (χ2v) is 6.21. The molecule has 0 saturated carbocycles. The molecule has 3 rings (SSSR count). The maximum Gasteiger partial charge on any atom is 0.224 e. The summed E-state index contributed by atoms with van der Waals surface area (Å²) in [5.41, 5.74) is 2.43. The molecule has 0 aliphatic carbocycles. The number of fused-ring (bicyclic) bond motifs is 1. The lowest BCUT2D eigenvalue weighted by atomic mass is 10.0. The van der Waals surface area contributed by atoms with E-state index in [1.807, 2.05) is 12.1 Å². The van der Waals surface area contributed by atoms with Crippen molar-refractivity contribution in [3.8, 4) is 11.5 Å². The molecule has 27 heavy (non-hydrogen) atoms. The Labute approximate surface area is 156 Å². The lowest BCUT2D eigenvalue weighted by Gasteiger charge is -2.17. The van der Waals surface area contributed by atoms with Gasteiger partial charge in [0.15, 0.2) is 11.6 Å². The van der Waals surface area contributed by atoms with Crippen LogP contribution in [-0.4, -0.2) is 32.1 Å². The highest BCUT2D eigenvalue weighted by molar-refractivity contribution is 5.94. The summed E-state index contributed by atoms with van der Waals surface area (Å²) in [4.78, 5) is 23.3. The van der Waals surface area contributed by atoms with Crippen LogP contribution in [0.2, 0.25) is 0 Å². The summed E-state index contributed by atoms with van der Waals surface area (Å²) in [6.07, 6.45) is 1.24. The highest BCUT2D eigenvalue weighted by Gasteiger charge is 2.15. The minimum atomic E-state index is -0.491. The topological polar surface area (TPSA) is 76.7 Å². The van der Waals surface area contributed by atoms with Crippen molar-refractivity contribution in [3.05, 3.63) is 53.3 Å².